The van der Waals surface area contributed by atoms with Crippen LogP contribution in [0.25, 0.3) is 269 Å². The fourth-order valence-corrected chi connectivity index (χ4v) is 22.1. The van der Waals surface area contributed by atoms with Crippen LogP contribution in [0.15, 0.2) is 486 Å². The molecular weight excluding hydrogens is 1630 g/mol. The molecule has 135 heavy (non-hydrogen) atoms. The number of hydrogen-bond acceptors (Lipinski definition) is 3. The molecule has 23 aromatic carbocycles. The monoisotopic (exact) mass is 1710 g/mol. The van der Waals surface area contributed by atoms with Crippen LogP contribution in [-0.2, 0) is 0 Å². The predicted octanol–water partition coefficient (Wildman–Crippen LogP) is 34.6. The molecule has 0 bridgehead atoms. The molecule has 0 fully saturated rings. The van der Waals surface area contributed by atoms with Gasteiger partial charge in [-0.05, 0) is 268 Å². The Morgan fingerprint density at radius 2 is 0.385 bits per heavy atom. The maximum absolute atomic E-state index is 4.69. The Morgan fingerprint density at radius 3 is 0.756 bits per heavy atom. The van der Waals surface area contributed by atoms with Gasteiger partial charge in [0.2, 0.25) is 0 Å². The summed E-state index contributed by atoms with van der Waals surface area (Å²) in [6, 6.07) is 170. The molecule has 6 heterocycles. The van der Waals surface area contributed by atoms with Crippen molar-refractivity contribution in [1.29, 1.82) is 0 Å². The summed E-state index contributed by atoms with van der Waals surface area (Å²) in [5.41, 5.74) is 29.6. The van der Waals surface area contributed by atoms with E-state index in [9.17, 15) is 0 Å². The number of hydrogen-bond donors (Lipinski definition) is 0. The maximum Gasteiger partial charge on any atom is 0.0708 e. The minimum absolute atomic E-state index is 1.00. The van der Waals surface area contributed by atoms with E-state index in [1.807, 2.05) is 36.8 Å². The molecule has 0 saturated heterocycles. The van der Waals surface area contributed by atoms with Crippen molar-refractivity contribution in [2.24, 2.45) is 0 Å². The van der Waals surface area contributed by atoms with Crippen LogP contribution in [0.1, 0.15) is 0 Å². The third-order valence-corrected chi connectivity index (χ3v) is 28.2. The first-order valence-electron chi connectivity index (χ1n) is 46.3. The highest BCUT2D eigenvalue weighted by atomic mass is 15.0. The van der Waals surface area contributed by atoms with Gasteiger partial charge in [-0.3, -0.25) is 15.0 Å². The quantitative estimate of drug-likeness (QED) is 0.121. The first-order chi connectivity index (χ1) is 67.0. The lowest BCUT2D eigenvalue weighted by molar-refractivity contribution is 1.18. The number of nitrogens with zero attached hydrogens (tertiary/aromatic N) is 6. The Morgan fingerprint density at radius 1 is 0.133 bits per heavy atom. The van der Waals surface area contributed by atoms with Crippen LogP contribution < -0.4 is 0 Å². The number of rotatable bonds is 11. The fraction of sp³-hybridized carbons (Fsp3) is 0. The van der Waals surface area contributed by atoms with E-state index >= 15 is 0 Å². The van der Waals surface area contributed by atoms with Crippen LogP contribution in [-0.4, -0.2) is 28.7 Å². The molecular formula is C129H80N6. The molecule has 0 amide bonds. The number of fused-ring (bicyclic) bond motifs is 9. The minimum atomic E-state index is 1.00. The minimum Gasteiger partial charge on any atom is -0.309 e. The molecule has 29 rings (SSSR count). The smallest absolute Gasteiger partial charge is 0.0708 e. The van der Waals surface area contributed by atoms with E-state index in [0.717, 1.165) is 17.1 Å². The van der Waals surface area contributed by atoms with Gasteiger partial charge in [-0.1, -0.05) is 352 Å². The summed E-state index contributed by atoms with van der Waals surface area (Å²) in [6.07, 6.45) is 5.61. The van der Waals surface area contributed by atoms with Gasteiger partial charge in [-0.25, -0.2) is 0 Å². The summed E-state index contributed by atoms with van der Waals surface area (Å²) in [4.78, 5) is 14.0. The Balaban J connectivity index is 0.000000103. The van der Waals surface area contributed by atoms with Gasteiger partial charge in [-0.2, -0.15) is 0 Å². The maximum atomic E-state index is 4.69. The second-order valence-corrected chi connectivity index (χ2v) is 35.5. The topological polar surface area (TPSA) is 53.5 Å². The van der Waals surface area contributed by atoms with Crippen LogP contribution in [0.3, 0.4) is 0 Å². The normalized spacial score (nSPS) is 11.9. The average molecular weight is 1710 g/mol. The van der Waals surface area contributed by atoms with Gasteiger partial charge in [0.05, 0.1) is 50.2 Å². The van der Waals surface area contributed by atoms with E-state index in [1.165, 1.54) is 252 Å². The molecule has 6 nitrogen and oxygen atoms in total. The highest BCUT2D eigenvalue weighted by Gasteiger charge is 2.24. The van der Waals surface area contributed by atoms with Gasteiger partial charge in [0.25, 0.3) is 0 Å². The summed E-state index contributed by atoms with van der Waals surface area (Å²) >= 11 is 0. The van der Waals surface area contributed by atoms with E-state index in [1.54, 1.807) is 0 Å². The molecule has 626 valence electrons. The lowest BCUT2D eigenvalue weighted by Gasteiger charge is -2.17. The summed E-state index contributed by atoms with van der Waals surface area (Å²) in [6.45, 7) is 0. The lowest BCUT2D eigenvalue weighted by Crippen LogP contribution is -1.94. The SMILES string of the molecule is c1ccc(-c2ccc3ccc4c(-c5cccc(-n6c7ccccc7c7ccccc76)c5)ccc5ccc2c3c54)nc1.c1ccc(-n2c3ccccc3c3ccc(-c4ccc(-c5ccc6ccc7c(-c8ccccn8)ccc8ccc5c6c87)cc4)cc32)cc1.c1ccc(-n2c3ccccc3c3ccc(-c4cccc(-c5ccc6ccc7c(-c8ccccn8)ccc8ccc5c6c87)c4)cc32)cc1. The average Bonchev–Trinajstić information content (AvgIpc) is 1.73. The number of aromatic nitrogens is 6. The van der Waals surface area contributed by atoms with Gasteiger partial charge in [0, 0.05) is 84.7 Å². The van der Waals surface area contributed by atoms with Gasteiger partial charge in [0.1, 0.15) is 0 Å². The zero-order chi connectivity index (χ0) is 88.7. The fourth-order valence-electron chi connectivity index (χ4n) is 22.1. The van der Waals surface area contributed by atoms with Crippen molar-refractivity contribution in [1.82, 2.24) is 28.7 Å². The van der Waals surface area contributed by atoms with Gasteiger partial charge in [-0.15, -0.1) is 0 Å². The Kier molecular flexibility index (Phi) is 17.9. The molecule has 0 spiro atoms. The summed E-state index contributed by atoms with van der Waals surface area (Å²) in [7, 11) is 0. The largest absolute Gasteiger partial charge is 0.309 e. The van der Waals surface area contributed by atoms with E-state index in [0.29, 0.717) is 0 Å². The van der Waals surface area contributed by atoms with Crippen molar-refractivity contribution < 1.29 is 0 Å². The predicted molar refractivity (Wildman–Crippen MR) is 570 cm³/mol. The molecule has 0 aliphatic heterocycles. The molecule has 6 aromatic heterocycles. The van der Waals surface area contributed by atoms with Crippen molar-refractivity contribution in [3.05, 3.63) is 486 Å². The van der Waals surface area contributed by atoms with Crippen LogP contribution in [0.2, 0.25) is 0 Å². The standard InChI is InChI=1S/2C45H28N2.C39H24N2/c1-2-11-34(12-3-1)47-42-15-5-4-13-37(42)38-23-20-32(28-43(38)47)31-9-8-10-33(27-31)35-21-16-29-19-25-40-36(41-14-6-7-26-46-41)22-17-30-18-24-39(35)44(29)45(30)40;1-2-8-34(9-3-1)47-42-12-5-4-10-37(42)38-24-21-33(28-43(38)47)29-13-15-30(16-14-29)35-22-17-31-20-26-40-36(41-11-6-7-27-46-41)23-18-32-19-25-39(35)44(31)45(32)40;1-3-13-36-31(10-1)32-11-2-4-14-37(32)41(36)28-9-7-8-27(24-28)29-19-15-25-18-22-34-30(35-12-5-6-23-40-35)20-16-26-17-21-33(29)38(25)39(26)34/h2*1-28H;1-24H. The van der Waals surface area contributed by atoms with Gasteiger partial charge >= 0.3 is 0 Å². The Bertz CT molecular complexity index is 9670. The highest BCUT2D eigenvalue weighted by molar-refractivity contribution is 6.31. The lowest BCUT2D eigenvalue weighted by atomic mass is 9.87. The van der Waals surface area contributed by atoms with E-state index in [2.05, 4.69) is 478 Å². The second kappa shape index (κ2) is 31.4. The van der Waals surface area contributed by atoms with Crippen LogP contribution in [0, 0.1) is 0 Å². The highest BCUT2D eigenvalue weighted by Crippen LogP contribution is 2.49. The van der Waals surface area contributed by atoms with Crippen molar-refractivity contribution in [3.63, 3.8) is 0 Å². The molecule has 29 aromatic rings. The molecule has 0 aliphatic carbocycles. The first kappa shape index (κ1) is 77.0. The first-order valence-corrected chi connectivity index (χ1v) is 46.3. The third kappa shape index (κ3) is 12.6. The molecule has 6 heteroatoms. The van der Waals surface area contributed by atoms with E-state index in [-0.39, 0.29) is 0 Å². The summed E-state index contributed by atoms with van der Waals surface area (Å²) in [5.74, 6) is 0. The number of para-hydroxylation sites is 6. The molecule has 0 aliphatic rings. The number of pyridine rings is 3. The van der Waals surface area contributed by atoms with Gasteiger partial charge in [0.15, 0.2) is 0 Å². The summed E-state index contributed by atoms with van der Waals surface area (Å²) < 4.78 is 7.16. The molecule has 0 unspecified atom stereocenters. The van der Waals surface area contributed by atoms with Crippen molar-refractivity contribution in [2.45, 2.75) is 0 Å². The van der Waals surface area contributed by atoms with E-state index < -0.39 is 0 Å². The van der Waals surface area contributed by atoms with Crippen LogP contribution in [0.5, 0.6) is 0 Å². The Hall–Kier alpha value is -18.0. The number of benzene rings is 23. The van der Waals surface area contributed by atoms with Crippen molar-refractivity contribution >= 4 is 162 Å². The van der Waals surface area contributed by atoms with Crippen molar-refractivity contribution in [3.8, 4) is 106 Å². The van der Waals surface area contributed by atoms with E-state index in [4.69, 9.17) is 0 Å². The van der Waals surface area contributed by atoms with Gasteiger partial charge < -0.3 is 13.7 Å². The van der Waals surface area contributed by atoms with Crippen LogP contribution in [0.4, 0.5) is 0 Å². The molecule has 0 atom stereocenters. The molecule has 0 saturated carbocycles. The van der Waals surface area contributed by atoms with Crippen LogP contribution >= 0.6 is 0 Å². The third-order valence-electron chi connectivity index (χ3n) is 28.2. The summed E-state index contributed by atoms with van der Waals surface area (Å²) in [5, 5.41) is 30.6. The zero-order valence-electron chi connectivity index (χ0n) is 73.4. The molecule has 0 radical (unpaired) electrons. The van der Waals surface area contributed by atoms with Crippen molar-refractivity contribution in [2.75, 3.05) is 0 Å². The second-order valence-electron chi connectivity index (χ2n) is 35.5. The Labute approximate surface area is 777 Å². The zero-order valence-corrected chi connectivity index (χ0v) is 73.4. The molecule has 0 N–H and O–H groups in total.